The molecule has 0 amide bonds. The minimum Gasteiger partial charge on any atom is -0.466 e. The third kappa shape index (κ3) is 8.49. The lowest BCUT2D eigenvalue weighted by molar-refractivity contribution is -0.149. The number of unbranched alkanes of at least 4 members (excludes halogenated alkanes) is 2. The highest BCUT2D eigenvalue weighted by Gasteiger charge is 2.27. The number of piperidine rings is 1. The zero-order chi connectivity index (χ0) is 18.6. The summed E-state index contributed by atoms with van der Waals surface area (Å²) in [5, 5.41) is 3.47. The van der Waals surface area contributed by atoms with Gasteiger partial charge in [0.2, 0.25) is 0 Å². The van der Waals surface area contributed by atoms with Crippen molar-refractivity contribution in [2.45, 2.75) is 45.4 Å². The molecule has 0 atom stereocenters. The number of nitrogens with zero attached hydrogens (tertiary/aromatic N) is 2. The molecule has 152 valence electrons. The first-order valence-corrected chi connectivity index (χ1v) is 9.90. The van der Waals surface area contributed by atoms with Gasteiger partial charge in [-0.25, -0.2) is 0 Å². The van der Waals surface area contributed by atoms with Gasteiger partial charge in [-0.15, -0.1) is 24.0 Å². The molecule has 0 aliphatic carbocycles. The first-order valence-electron chi connectivity index (χ1n) is 9.90. The summed E-state index contributed by atoms with van der Waals surface area (Å²) in [7, 11) is 1.83. The molecule has 1 aromatic carbocycles. The van der Waals surface area contributed by atoms with Crippen LogP contribution in [0.2, 0.25) is 0 Å². The molecular weight excluding hydrogens is 453 g/mol. The Morgan fingerprint density at radius 1 is 1.19 bits per heavy atom. The first kappa shape index (κ1) is 23.7. The Morgan fingerprint density at radius 2 is 1.89 bits per heavy atom. The fourth-order valence-corrected chi connectivity index (χ4v) is 3.40. The topological polar surface area (TPSA) is 53.9 Å². The van der Waals surface area contributed by atoms with Gasteiger partial charge in [-0.1, -0.05) is 36.8 Å². The zero-order valence-corrected chi connectivity index (χ0v) is 19.0. The second kappa shape index (κ2) is 13.8. The summed E-state index contributed by atoms with van der Waals surface area (Å²) in [6.07, 6.45) is 6.41. The lowest BCUT2D eigenvalue weighted by Crippen LogP contribution is -2.46. The number of halogens is 1. The molecule has 1 N–H and O–H groups in total. The van der Waals surface area contributed by atoms with Crippen LogP contribution in [0.3, 0.4) is 0 Å². The Kier molecular flexibility index (Phi) is 12.1. The quantitative estimate of drug-likeness (QED) is 0.199. The monoisotopic (exact) mass is 487 g/mol. The van der Waals surface area contributed by atoms with Gasteiger partial charge in [0.1, 0.15) is 0 Å². The molecule has 1 fully saturated rings. The molecule has 0 spiro atoms. The Balaban J connectivity index is 0.00000364. The summed E-state index contributed by atoms with van der Waals surface area (Å²) >= 11 is 0. The van der Waals surface area contributed by atoms with Crippen molar-refractivity contribution in [2.75, 3.05) is 33.3 Å². The number of aryl methyl sites for hydroxylation is 1. The van der Waals surface area contributed by atoms with E-state index in [-0.39, 0.29) is 35.9 Å². The number of carbonyl (C=O) groups is 1. The van der Waals surface area contributed by atoms with Gasteiger partial charge < -0.3 is 15.0 Å². The highest BCUT2D eigenvalue weighted by Crippen LogP contribution is 2.18. The molecule has 0 bridgehead atoms. The van der Waals surface area contributed by atoms with Crippen LogP contribution >= 0.6 is 24.0 Å². The molecule has 0 radical (unpaired) electrons. The molecule has 2 rings (SSSR count). The Labute approximate surface area is 181 Å². The zero-order valence-electron chi connectivity index (χ0n) is 16.7. The van der Waals surface area contributed by atoms with Crippen molar-refractivity contribution < 1.29 is 9.53 Å². The molecule has 1 aliphatic rings. The number of guanidine groups is 1. The van der Waals surface area contributed by atoms with E-state index < -0.39 is 0 Å². The second-order valence-electron chi connectivity index (χ2n) is 6.78. The van der Waals surface area contributed by atoms with Crippen LogP contribution in [-0.4, -0.2) is 50.1 Å². The van der Waals surface area contributed by atoms with Crippen molar-refractivity contribution in [1.82, 2.24) is 10.2 Å². The highest BCUT2D eigenvalue weighted by atomic mass is 127. The predicted octanol–water partition coefficient (Wildman–Crippen LogP) is 3.87. The Morgan fingerprint density at radius 3 is 2.52 bits per heavy atom. The maximum Gasteiger partial charge on any atom is 0.309 e. The first-order chi connectivity index (χ1) is 12.7. The summed E-state index contributed by atoms with van der Waals surface area (Å²) in [5.41, 5.74) is 1.42. The predicted molar refractivity (Wildman–Crippen MR) is 122 cm³/mol. The maximum absolute atomic E-state index is 11.8. The van der Waals surface area contributed by atoms with E-state index >= 15 is 0 Å². The van der Waals surface area contributed by atoms with Gasteiger partial charge in [0.15, 0.2) is 5.96 Å². The number of rotatable bonds is 8. The SMILES string of the molecule is CCOC(=O)C1CCN(C(=NC)NCCCCCc2ccccc2)CC1.I. The fourth-order valence-electron chi connectivity index (χ4n) is 3.40. The van der Waals surface area contributed by atoms with Crippen LogP contribution < -0.4 is 5.32 Å². The van der Waals surface area contributed by atoms with Crippen LogP contribution in [0.4, 0.5) is 0 Å². The number of hydrogen-bond donors (Lipinski definition) is 1. The van der Waals surface area contributed by atoms with E-state index in [4.69, 9.17) is 4.74 Å². The molecule has 0 saturated carbocycles. The normalized spacial score (nSPS) is 15.2. The number of hydrogen-bond acceptors (Lipinski definition) is 3. The van der Waals surface area contributed by atoms with Crippen LogP contribution in [0, 0.1) is 5.92 Å². The van der Waals surface area contributed by atoms with E-state index in [2.05, 4.69) is 45.5 Å². The smallest absolute Gasteiger partial charge is 0.309 e. The van der Waals surface area contributed by atoms with Gasteiger partial charge in [-0.2, -0.15) is 0 Å². The van der Waals surface area contributed by atoms with Crippen LogP contribution in [-0.2, 0) is 16.0 Å². The number of nitrogens with one attached hydrogen (secondary N) is 1. The average Bonchev–Trinajstić information content (AvgIpc) is 2.69. The van der Waals surface area contributed by atoms with Crippen molar-refractivity contribution >= 4 is 35.9 Å². The summed E-state index contributed by atoms with van der Waals surface area (Å²) in [4.78, 5) is 18.5. The van der Waals surface area contributed by atoms with Crippen molar-refractivity contribution in [3.63, 3.8) is 0 Å². The molecule has 27 heavy (non-hydrogen) atoms. The fraction of sp³-hybridized carbons (Fsp3) is 0.619. The molecule has 1 saturated heterocycles. The van der Waals surface area contributed by atoms with Crippen LogP contribution in [0.5, 0.6) is 0 Å². The minimum absolute atomic E-state index is 0. The third-order valence-corrected chi connectivity index (χ3v) is 4.89. The van der Waals surface area contributed by atoms with Crippen molar-refractivity contribution in [2.24, 2.45) is 10.9 Å². The molecule has 0 aromatic heterocycles. The molecule has 1 aliphatic heterocycles. The van der Waals surface area contributed by atoms with Gasteiger partial charge in [0.25, 0.3) is 0 Å². The van der Waals surface area contributed by atoms with Crippen molar-refractivity contribution in [1.29, 1.82) is 0 Å². The van der Waals surface area contributed by atoms with E-state index in [0.717, 1.165) is 51.3 Å². The van der Waals surface area contributed by atoms with Crippen molar-refractivity contribution in [3.05, 3.63) is 35.9 Å². The van der Waals surface area contributed by atoms with E-state index in [1.165, 1.54) is 18.4 Å². The molecule has 6 heteroatoms. The summed E-state index contributed by atoms with van der Waals surface area (Å²) in [6.45, 7) is 4.98. The van der Waals surface area contributed by atoms with Crippen LogP contribution in [0.25, 0.3) is 0 Å². The number of carbonyl (C=O) groups excluding carboxylic acids is 1. The van der Waals surface area contributed by atoms with Gasteiger partial charge in [-0.3, -0.25) is 9.79 Å². The molecule has 0 unspecified atom stereocenters. The largest absolute Gasteiger partial charge is 0.466 e. The van der Waals surface area contributed by atoms with Gasteiger partial charge in [-0.05, 0) is 44.6 Å². The van der Waals surface area contributed by atoms with Crippen LogP contribution in [0.15, 0.2) is 35.3 Å². The molecule has 1 aromatic rings. The summed E-state index contributed by atoms with van der Waals surface area (Å²) < 4.78 is 5.13. The second-order valence-corrected chi connectivity index (χ2v) is 6.78. The highest BCUT2D eigenvalue weighted by molar-refractivity contribution is 14.0. The average molecular weight is 487 g/mol. The van der Waals surface area contributed by atoms with Gasteiger partial charge in [0.05, 0.1) is 12.5 Å². The Hall–Kier alpha value is -1.31. The number of likely N-dealkylation sites (tertiary alicyclic amines) is 1. The maximum atomic E-state index is 11.8. The number of benzene rings is 1. The minimum atomic E-state index is -0.0477. The van der Waals surface area contributed by atoms with E-state index in [9.17, 15) is 4.79 Å². The number of aliphatic imine (C=N–C) groups is 1. The Bertz CT molecular complexity index is 558. The number of ether oxygens (including phenoxy) is 1. The molecular formula is C21H34IN3O2. The summed E-state index contributed by atoms with van der Waals surface area (Å²) in [6, 6.07) is 10.7. The number of esters is 1. The lowest BCUT2D eigenvalue weighted by atomic mass is 9.97. The summed E-state index contributed by atoms with van der Waals surface area (Å²) in [5.74, 6) is 0.950. The standard InChI is InChI=1S/C21H33N3O2.HI/c1-3-26-20(25)19-13-16-24(17-14-19)21(22-2)23-15-9-5-8-12-18-10-6-4-7-11-18;/h4,6-7,10-11,19H,3,5,8-9,12-17H2,1-2H3,(H,22,23);1H. The lowest BCUT2D eigenvalue weighted by Gasteiger charge is -2.33. The van der Waals surface area contributed by atoms with Crippen molar-refractivity contribution in [3.8, 4) is 0 Å². The van der Waals surface area contributed by atoms with Gasteiger partial charge >= 0.3 is 5.97 Å². The van der Waals surface area contributed by atoms with E-state index in [1.54, 1.807) is 0 Å². The third-order valence-electron chi connectivity index (χ3n) is 4.89. The van der Waals surface area contributed by atoms with Crippen LogP contribution in [0.1, 0.15) is 44.6 Å². The van der Waals surface area contributed by atoms with E-state index in [1.807, 2.05) is 14.0 Å². The molecule has 1 heterocycles. The van der Waals surface area contributed by atoms with E-state index in [0.29, 0.717) is 6.61 Å². The van der Waals surface area contributed by atoms with Gasteiger partial charge in [0, 0.05) is 26.7 Å². The molecule has 5 nitrogen and oxygen atoms in total.